The van der Waals surface area contributed by atoms with Crippen LogP contribution in [0.25, 0.3) is 0 Å². The molecule has 0 saturated heterocycles. The molecule has 0 aliphatic heterocycles. The van der Waals surface area contributed by atoms with E-state index in [0.29, 0.717) is 12.5 Å². The molecule has 7 heteroatoms. The van der Waals surface area contributed by atoms with Crippen LogP contribution >= 0.6 is 0 Å². The van der Waals surface area contributed by atoms with Crippen molar-refractivity contribution in [3.63, 3.8) is 0 Å². The number of hydrogen-bond donors (Lipinski definition) is 1. The highest BCUT2D eigenvalue weighted by Gasteiger charge is 2.24. The lowest BCUT2D eigenvalue weighted by Crippen LogP contribution is -2.37. The molecule has 29 heavy (non-hydrogen) atoms. The minimum absolute atomic E-state index is 0.127. The Balaban J connectivity index is 1.61. The number of ether oxygens (including phenoxy) is 1. The van der Waals surface area contributed by atoms with Gasteiger partial charge in [0, 0.05) is 18.8 Å². The average Bonchev–Trinajstić information content (AvgIpc) is 2.70. The molecule has 1 aromatic carbocycles. The maximum Gasteiger partial charge on any atom is 0.250 e. The zero-order valence-electron chi connectivity index (χ0n) is 17.1. The number of nitrogens with zero attached hydrogens (tertiary/aromatic N) is 1. The topological polar surface area (TPSA) is 77.4 Å². The summed E-state index contributed by atoms with van der Waals surface area (Å²) in [6.07, 6.45) is 7.09. The van der Waals surface area contributed by atoms with Crippen molar-refractivity contribution in [2.75, 3.05) is 19.4 Å². The summed E-state index contributed by atoms with van der Waals surface area (Å²) in [4.78, 5) is 12.3. The molecule has 1 aromatic heterocycles. The number of nitrogens with one attached hydrogen (secondary N) is 1. The quantitative estimate of drug-likeness (QED) is 0.715. The van der Waals surface area contributed by atoms with Crippen molar-refractivity contribution >= 4 is 10.0 Å². The number of rotatable bonds is 8. The lowest BCUT2D eigenvalue weighted by Gasteiger charge is -2.30. The van der Waals surface area contributed by atoms with Crippen molar-refractivity contribution in [2.45, 2.75) is 50.7 Å². The number of pyridine rings is 1. The van der Waals surface area contributed by atoms with Crippen molar-refractivity contribution in [1.82, 2.24) is 9.29 Å². The maximum atomic E-state index is 12.3. The third-order valence-electron chi connectivity index (χ3n) is 5.53. The van der Waals surface area contributed by atoms with Gasteiger partial charge in [-0.3, -0.25) is 4.79 Å². The molecule has 1 aliphatic carbocycles. The van der Waals surface area contributed by atoms with Crippen LogP contribution < -0.4 is 10.3 Å². The standard InChI is InChI=1S/C22H30N2O4S/c1-17-8-13-22(25)24(15-17)20(14-23-29(2,26)27)16-28-21-11-9-19(10-12-21)18-6-4-3-5-7-18/h3-8,13,15,19-21,23H,9-12,14,16H2,1-2H3/t19-,20?,21+. The van der Waals surface area contributed by atoms with Gasteiger partial charge in [-0.15, -0.1) is 0 Å². The van der Waals surface area contributed by atoms with Gasteiger partial charge < -0.3 is 9.30 Å². The molecule has 1 heterocycles. The van der Waals surface area contributed by atoms with Crippen LogP contribution in [0, 0.1) is 6.92 Å². The Labute approximate surface area is 173 Å². The Morgan fingerprint density at radius 2 is 1.79 bits per heavy atom. The highest BCUT2D eigenvalue weighted by atomic mass is 32.2. The average molecular weight is 419 g/mol. The first-order valence-electron chi connectivity index (χ1n) is 10.1. The maximum absolute atomic E-state index is 12.3. The second-order valence-electron chi connectivity index (χ2n) is 7.94. The summed E-state index contributed by atoms with van der Waals surface area (Å²) in [7, 11) is -3.35. The second kappa shape index (κ2) is 9.69. The van der Waals surface area contributed by atoms with E-state index in [1.807, 2.05) is 13.0 Å². The molecule has 0 bridgehead atoms. The van der Waals surface area contributed by atoms with E-state index in [2.05, 4.69) is 29.0 Å². The van der Waals surface area contributed by atoms with E-state index < -0.39 is 10.0 Å². The Hall–Kier alpha value is -1.96. The predicted molar refractivity (Wildman–Crippen MR) is 115 cm³/mol. The van der Waals surface area contributed by atoms with Crippen LogP contribution in [-0.4, -0.2) is 38.5 Å². The monoisotopic (exact) mass is 418 g/mol. The van der Waals surface area contributed by atoms with Crippen molar-refractivity contribution in [1.29, 1.82) is 0 Å². The molecule has 3 rings (SSSR count). The van der Waals surface area contributed by atoms with E-state index in [-0.39, 0.29) is 24.2 Å². The van der Waals surface area contributed by atoms with Gasteiger partial charge in [-0.05, 0) is 49.7 Å². The molecule has 0 spiro atoms. The summed E-state index contributed by atoms with van der Waals surface area (Å²) in [5, 5.41) is 0. The Morgan fingerprint density at radius 1 is 1.10 bits per heavy atom. The third-order valence-corrected chi connectivity index (χ3v) is 6.22. The number of hydrogen-bond acceptors (Lipinski definition) is 4. The number of aryl methyl sites for hydroxylation is 1. The van der Waals surface area contributed by atoms with Crippen LogP contribution in [0.2, 0.25) is 0 Å². The molecule has 1 atom stereocenters. The van der Waals surface area contributed by atoms with Crippen LogP contribution in [0.5, 0.6) is 0 Å². The molecule has 0 amide bonds. The molecule has 1 N–H and O–H groups in total. The van der Waals surface area contributed by atoms with Gasteiger partial charge in [-0.2, -0.15) is 0 Å². The Kier molecular flexibility index (Phi) is 7.27. The zero-order valence-corrected chi connectivity index (χ0v) is 17.9. The van der Waals surface area contributed by atoms with Crippen molar-refractivity contribution in [3.05, 3.63) is 70.1 Å². The van der Waals surface area contributed by atoms with E-state index in [1.165, 1.54) is 11.6 Å². The number of benzene rings is 1. The van der Waals surface area contributed by atoms with Crippen LogP contribution in [-0.2, 0) is 14.8 Å². The fourth-order valence-electron chi connectivity index (χ4n) is 3.92. The van der Waals surface area contributed by atoms with E-state index in [1.54, 1.807) is 16.8 Å². The van der Waals surface area contributed by atoms with Crippen LogP contribution in [0.1, 0.15) is 48.8 Å². The molecule has 158 valence electrons. The molecular weight excluding hydrogens is 388 g/mol. The summed E-state index contributed by atoms with van der Waals surface area (Å²) in [5.41, 5.74) is 2.16. The molecule has 0 radical (unpaired) electrons. The van der Waals surface area contributed by atoms with Crippen LogP contribution in [0.4, 0.5) is 0 Å². The van der Waals surface area contributed by atoms with Gasteiger partial charge >= 0.3 is 0 Å². The first-order chi connectivity index (χ1) is 13.8. The lowest BCUT2D eigenvalue weighted by atomic mass is 9.83. The predicted octanol–water partition coefficient (Wildman–Crippen LogP) is 2.99. The highest BCUT2D eigenvalue weighted by molar-refractivity contribution is 7.88. The smallest absolute Gasteiger partial charge is 0.250 e. The van der Waals surface area contributed by atoms with E-state index in [0.717, 1.165) is 37.5 Å². The summed E-state index contributed by atoms with van der Waals surface area (Å²) < 4.78 is 33.4. The normalized spacial score (nSPS) is 21.0. The molecule has 2 aromatic rings. The van der Waals surface area contributed by atoms with Gasteiger partial charge in [0.25, 0.3) is 5.56 Å². The summed E-state index contributed by atoms with van der Waals surface area (Å²) in [6, 6.07) is 13.4. The summed E-state index contributed by atoms with van der Waals surface area (Å²) in [6.45, 7) is 2.33. The number of sulfonamides is 1. The van der Waals surface area contributed by atoms with Gasteiger partial charge in [0.05, 0.1) is 25.0 Å². The molecule has 1 unspecified atom stereocenters. The SMILES string of the molecule is Cc1ccc(=O)n(C(CNS(C)(=O)=O)CO[C@H]2CC[C@@H](c3ccccc3)CC2)c1. The number of aromatic nitrogens is 1. The van der Waals surface area contributed by atoms with E-state index in [4.69, 9.17) is 4.74 Å². The van der Waals surface area contributed by atoms with Gasteiger partial charge in [0.2, 0.25) is 10.0 Å². The highest BCUT2D eigenvalue weighted by Crippen LogP contribution is 2.34. The van der Waals surface area contributed by atoms with Gasteiger partial charge in [-0.1, -0.05) is 36.4 Å². The van der Waals surface area contributed by atoms with Crippen LogP contribution in [0.3, 0.4) is 0 Å². The first-order valence-corrected chi connectivity index (χ1v) is 12.0. The van der Waals surface area contributed by atoms with Crippen molar-refractivity contribution in [2.24, 2.45) is 0 Å². The largest absolute Gasteiger partial charge is 0.376 e. The summed E-state index contributed by atoms with van der Waals surface area (Å²) >= 11 is 0. The molecule has 6 nitrogen and oxygen atoms in total. The fourth-order valence-corrected chi connectivity index (χ4v) is 4.42. The van der Waals surface area contributed by atoms with Crippen molar-refractivity contribution in [3.8, 4) is 0 Å². The molecular formula is C22H30N2O4S. The second-order valence-corrected chi connectivity index (χ2v) is 9.78. The first kappa shape index (κ1) is 21.7. The summed E-state index contributed by atoms with van der Waals surface area (Å²) in [5.74, 6) is 0.568. The van der Waals surface area contributed by atoms with E-state index >= 15 is 0 Å². The zero-order chi connectivity index (χ0) is 20.9. The van der Waals surface area contributed by atoms with Gasteiger partial charge in [-0.25, -0.2) is 13.1 Å². The van der Waals surface area contributed by atoms with E-state index in [9.17, 15) is 13.2 Å². The minimum Gasteiger partial charge on any atom is -0.376 e. The minimum atomic E-state index is -3.35. The molecule has 1 saturated carbocycles. The van der Waals surface area contributed by atoms with Crippen LogP contribution in [0.15, 0.2) is 53.5 Å². The fraction of sp³-hybridized carbons (Fsp3) is 0.500. The van der Waals surface area contributed by atoms with Gasteiger partial charge in [0.15, 0.2) is 0 Å². The Bertz CT molecular complexity index is 948. The van der Waals surface area contributed by atoms with Crippen molar-refractivity contribution < 1.29 is 13.2 Å². The van der Waals surface area contributed by atoms with Gasteiger partial charge in [0.1, 0.15) is 0 Å². The third kappa shape index (κ3) is 6.52. The molecule has 1 aliphatic rings. The Morgan fingerprint density at radius 3 is 2.45 bits per heavy atom. The lowest BCUT2D eigenvalue weighted by molar-refractivity contribution is 0.00735. The molecule has 1 fully saturated rings.